The first-order valence-corrected chi connectivity index (χ1v) is 4.90. The summed E-state index contributed by atoms with van der Waals surface area (Å²) in [6.07, 6.45) is 3.05. The van der Waals surface area contributed by atoms with Crippen LogP contribution in [-0.4, -0.2) is 40.8 Å². The molecule has 3 fully saturated rings. The highest BCUT2D eigenvalue weighted by Gasteiger charge is 2.53. The van der Waals surface area contributed by atoms with Crippen LogP contribution in [0.1, 0.15) is 19.3 Å². The molecule has 2 heterocycles. The first-order valence-electron chi connectivity index (χ1n) is 4.90. The maximum Gasteiger partial charge on any atom is 0.0777 e. The van der Waals surface area contributed by atoms with Crippen LogP contribution in [0.3, 0.4) is 0 Å². The summed E-state index contributed by atoms with van der Waals surface area (Å²) in [5.74, 6) is 0.590. The van der Waals surface area contributed by atoms with Gasteiger partial charge < -0.3 is 10.8 Å². The van der Waals surface area contributed by atoms with Crippen molar-refractivity contribution in [1.29, 1.82) is 0 Å². The highest BCUT2D eigenvalue weighted by atomic mass is 16.3. The van der Waals surface area contributed by atoms with Crippen molar-refractivity contribution >= 4 is 0 Å². The van der Waals surface area contributed by atoms with E-state index >= 15 is 0 Å². The first-order chi connectivity index (χ1) is 5.68. The standard InChI is InChI=1S/C9H16N2O/c10-8-6-1-2-9(12,3-6)5-11-4-7(8)11/h6-8,12H,1-5,10H2. The second-order valence-electron chi connectivity index (χ2n) is 4.80. The van der Waals surface area contributed by atoms with Crippen molar-refractivity contribution in [2.24, 2.45) is 11.7 Å². The van der Waals surface area contributed by atoms with E-state index in [1.807, 2.05) is 0 Å². The predicted octanol–water partition coefficient (Wildman–Crippen LogP) is -0.457. The zero-order valence-electron chi connectivity index (χ0n) is 7.24. The second-order valence-corrected chi connectivity index (χ2v) is 4.80. The van der Waals surface area contributed by atoms with Crippen molar-refractivity contribution in [2.75, 3.05) is 13.1 Å². The van der Waals surface area contributed by atoms with E-state index in [0.29, 0.717) is 18.0 Å². The van der Waals surface area contributed by atoms with E-state index < -0.39 is 0 Å². The van der Waals surface area contributed by atoms with Crippen molar-refractivity contribution in [2.45, 2.75) is 36.9 Å². The molecule has 3 nitrogen and oxygen atoms in total. The second kappa shape index (κ2) is 2.03. The highest BCUT2D eigenvalue weighted by molar-refractivity contribution is 5.10. The van der Waals surface area contributed by atoms with Crippen LogP contribution in [0.5, 0.6) is 0 Å². The van der Waals surface area contributed by atoms with Gasteiger partial charge in [-0.1, -0.05) is 0 Å². The lowest BCUT2D eigenvalue weighted by molar-refractivity contribution is 0.0333. The summed E-state index contributed by atoms with van der Waals surface area (Å²) in [7, 11) is 0. The number of nitrogens with two attached hydrogens (primary N) is 1. The van der Waals surface area contributed by atoms with E-state index in [1.54, 1.807) is 0 Å². The molecule has 3 aliphatic rings. The molecule has 2 saturated heterocycles. The number of hydrogen-bond donors (Lipinski definition) is 2. The van der Waals surface area contributed by atoms with Crippen LogP contribution in [0.15, 0.2) is 0 Å². The Kier molecular flexibility index (Phi) is 1.23. The molecule has 1 aliphatic carbocycles. The summed E-state index contributed by atoms with van der Waals surface area (Å²) in [5, 5.41) is 10.1. The van der Waals surface area contributed by atoms with Crippen LogP contribution in [0.4, 0.5) is 0 Å². The zero-order valence-corrected chi connectivity index (χ0v) is 7.24. The van der Waals surface area contributed by atoms with Gasteiger partial charge in [0.15, 0.2) is 0 Å². The Morgan fingerprint density at radius 3 is 3.17 bits per heavy atom. The molecule has 3 heteroatoms. The van der Waals surface area contributed by atoms with Gasteiger partial charge in [-0.2, -0.15) is 0 Å². The molecule has 68 valence electrons. The monoisotopic (exact) mass is 168 g/mol. The molecule has 5 unspecified atom stereocenters. The largest absolute Gasteiger partial charge is 0.389 e. The van der Waals surface area contributed by atoms with Gasteiger partial charge in [0.25, 0.3) is 0 Å². The minimum absolute atomic E-state index is 0.335. The average molecular weight is 168 g/mol. The number of hydrogen-bond acceptors (Lipinski definition) is 3. The summed E-state index contributed by atoms with van der Waals surface area (Å²) < 4.78 is 0. The Labute approximate surface area is 72.5 Å². The molecule has 0 amide bonds. The van der Waals surface area contributed by atoms with Crippen molar-refractivity contribution in [3.8, 4) is 0 Å². The van der Waals surface area contributed by atoms with E-state index in [9.17, 15) is 5.11 Å². The molecule has 1 saturated carbocycles. The fraction of sp³-hybridized carbons (Fsp3) is 1.00. The number of aliphatic hydroxyl groups is 1. The van der Waals surface area contributed by atoms with Crippen molar-refractivity contribution < 1.29 is 5.11 Å². The quantitative estimate of drug-likeness (QED) is 0.481. The van der Waals surface area contributed by atoms with Crippen LogP contribution in [-0.2, 0) is 0 Å². The molecule has 12 heavy (non-hydrogen) atoms. The zero-order chi connectivity index (χ0) is 8.34. The van der Waals surface area contributed by atoms with E-state index in [1.165, 1.54) is 0 Å². The third-order valence-electron chi connectivity index (χ3n) is 3.87. The van der Waals surface area contributed by atoms with E-state index in [0.717, 1.165) is 32.4 Å². The number of rotatable bonds is 0. The van der Waals surface area contributed by atoms with Crippen molar-refractivity contribution in [3.05, 3.63) is 0 Å². The molecule has 3 rings (SSSR count). The SMILES string of the molecule is NC1C2CCC(O)(C2)CN2CC12. The van der Waals surface area contributed by atoms with Gasteiger partial charge >= 0.3 is 0 Å². The van der Waals surface area contributed by atoms with Gasteiger partial charge in [-0.15, -0.1) is 0 Å². The summed E-state index contributed by atoms with van der Waals surface area (Å²) in [6, 6.07) is 0.936. The molecule has 0 aromatic heterocycles. The number of fused-ring (bicyclic) bond motifs is 3. The van der Waals surface area contributed by atoms with Gasteiger partial charge in [0.2, 0.25) is 0 Å². The molecule has 5 atom stereocenters. The summed E-state index contributed by atoms with van der Waals surface area (Å²) in [6.45, 7) is 2.00. The Bertz CT molecular complexity index is 217. The topological polar surface area (TPSA) is 49.3 Å². The van der Waals surface area contributed by atoms with E-state index in [2.05, 4.69) is 4.90 Å². The van der Waals surface area contributed by atoms with Crippen molar-refractivity contribution in [3.63, 3.8) is 0 Å². The summed E-state index contributed by atoms with van der Waals surface area (Å²) in [4.78, 5) is 2.32. The molecule has 2 aliphatic heterocycles. The third-order valence-corrected chi connectivity index (χ3v) is 3.87. The first kappa shape index (κ1) is 7.30. The Hall–Kier alpha value is -0.120. The minimum atomic E-state index is -0.381. The lowest BCUT2D eigenvalue weighted by Gasteiger charge is -2.21. The molecular formula is C9H16N2O. The van der Waals surface area contributed by atoms with Crippen LogP contribution < -0.4 is 5.73 Å². The van der Waals surface area contributed by atoms with Gasteiger partial charge in [0.05, 0.1) is 5.60 Å². The van der Waals surface area contributed by atoms with Crippen LogP contribution >= 0.6 is 0 Å². The fourth-order valence-electron chi connectivity index (χ4n) is 3.05. The van der Waals surface area contributed by atoms with Gasteiger partial charge in [-0.3, -0.25) is 4.90 Å². The Balaban J connectivity index is 1.90. The predicted molar refractivity (Wildman–Crippen MR) is 45.6 cm³/mol. The highest BCUT2D eigenvalue weighted by Crippen LogP contribution is 2.44. The minimum Gasteiger partial charge on any atom is -0.389 e. The molecule has 0 aromatic rings. The molecule has 0 spiro atoms. The van der Waals surface area contributed by atoms with Crippen LogP contribution in [0.2, 0.25) is 0 Å². The van der Waals surface area contributed by atoms with Crippen molar-refractivity contribution in [1.82, 2.24) is 4.90 Å². The van der Waals surface area contributed by atoms with E-state index in [4.69, 9.17) is 5.73 Å². The van der Waals surface area contributed by atoms with Gasteiger partial charge in [-0.05, 0) is 25.2 Å². The Morgan fingerprint density at radius 2 is 2.33 bits per heavy atom. The summed E-state index contributed by atoms with van der Waals surface area (Å²) >= 11 is 0. The smallest absolute Gasteiger partial charge is 0.0777 e. The van der Waals surface area contributed by atoms with Gasteiger partial charge in [0, 0.05) is 25.2 Å². The maximum absolute atomic E-state index is 10.1. The lowest BCUT2D eigenvalue weighted by Crippen LogP contribution is -2.35. The normalized spacial score (nSPS) is 62.5. The molecule has 0 radical (unpaired) electrons. The summed E-state index contributed by atoms with van der Waals surface area (Å²) in [5.41, 5.74) is 5.73. The fourth-order valence-corrected chi connectivity index (χ4v) is 3.05. The molecular weight excluding hydrogens is 152 g/mol. The average Bonchev–Trinajstić information content (AvgIpc) is 2.64. The lowest BCUT2D eigenvalue weighted by atomic mass is 9.95. The molecule has 2 bridgehead atoms. The molecule has 0 aromatic carbocycles. The van der Waals surface area contributed by atoms with Crippen LogP contribution in [0, 0.1) is 5.92 Å². The van der Waals surface area contributed by atoms with Gasteiger partial charge in [0.1, 0.15) is 0 Å². The number of nitrogens with zero attached hydrogens (tertiary/aromatic N) is 1. The van der Waals surface area contributed by atoms with Crippen LogP contribution in [0.25, 0.3) is 0 Å². The Morgan fingerprint density at radius 1 is 1.50 bits per heavy atom. The maximum atomic E-state index is 10.1. The molecule has 3 N–H and O–H groups in total. The van der Waals surface area contributed by atoms with Gasteiger partial charge in [-0.25, -0.2) is 0 Å². The van der Waals surface area contributed by atoms with E-state index in [-0.39, 0.29) is 5.60 Å². The third kappa shape index (κ3) is 0.873.